The summed E-state index contributed by atoms with van der Waals surface area (Å²) in [7, 11) is -3.62. The Morgan fingerprint density at radius 1 is 0.933 bits per heavy atom. The van der Waals surface area contributed by atoms with Gasteiger partial charge in [0.05, 0.1) is 10.9 Å². The number of hydrogen-bond donors (Lipinski definition) is 1. The van der Waals surface area contributed by atoms with Crippen LogP contribution in [-0.4, -0.2) is 26.4 Å². The lowest BCUT2D eigenvalue weighted by Gasteiger charge is -2.40. The zero-order chi connectivity index (χ0) is 21.0. The molecule has 0 unspecified atom stereocenters. The van der Waals surface area contributed by atoms with Crippen molar-refractivity contribution >= 4 is 10.0 Å². The standard InChI is InChI=1S/C25H32N2O2S/c1-20-14-16-22(17-15-20)30(28,29)26-25(21-10-4-2-5-11-21)23-12-6-7-13-24(23)27-18-8-3-9-19-27/h2,4-5,10-11,13-17,23,25-26H,3,6-9,12,18-19H2,1H3/t23-,25+/m1/s1. The molecule has 1 aliphatic heterocycles. The van der Waals surface area contributed by atoms with Crippen LogP contribution in [0.1, 0.15) is 55.7 Å². The lowest BCUT2D eigenvalue weighted by atomic mass is 9.82. The Labute approximate surface area is 181 Å². The first-order valence-electron chi connectivity index (χ1n) is 11.1. The number of sulfonamides is 1. The van der Waals surface area contributed by atoms with Crippen LogP contribution in [0, 0.1) is 12.8 Å². The van der Waals surface area contributed by atoms with Gasteiger partial charge in [0.1, 0.15) is 0 Å². The van der Waals surface area contributed by atoms with Crippen LogP contribution in [0.15, 0.2) is 71.3 Å². The van der Waals surface area contributed by atoms with E-state index in [2.05, 4.69) is 15.7 Å². The molecule has 1 N–H and O–H groups in total. The van der Waals surface area contributed by atoms with Crippen LogP contribution in [-0.2, 0) is 10.0 Å². The van der Waals surface area contributed by atoms with E-state index in [0.29, 0.717) is 4.90 Å². The van der Waals surface area contributed by atoms with Gasteiger partial charge in [-0.25, -0.2) is 13.1 Å². The van der Waals surface area contributed by atoms with Crippen molar-refractivity contribution in [2.45, 2.75) is 56.4 Å². The molecule has 5 heteroatoms. The van der Waals surface area contributed by atoms with Gasteiger partial charge in [0.25, 0.3) is 0 Å². The molecule has 4 nitrogen and oxygen atoms in total. The molecule has 1 heterocycles. The van der Waals surface area contributed by atoms with Crippen LogP contribution in [0.5, 0.6) is 0 Å². The van der Waals surface area contributed by atoms with Gasteiger partial charge in [-0.15, -0.1) is 0 Å². The third-order valence-corrected chi connectivity index (χ3v) is 7.81. The normalized spacial score (nSPS) is 21.2. The molecular weight excluding hydrogens is 392 g/mol. The van der Waals surface area contributed by atoms with Gasteiger partial charge in [-0.05, 0) is 63.1 Å². The van der Waals surface area contributed by atoms with Gasteiger partial charge in [-0.2, -0.15) is 0 Å². The molecule has 2 aromatic carbocycles. The maximum atomic E-state index is 13.3. The molecule has 1 aliphatic carbocycles. The highest BCUT2D eigenvalue weighted by Crippen LogP contribution is 2.39. The van der Waals surface area contributed by atoms with Crippen molar-refractivity contribution in [1.29, 1.82) is 0 Å². The number of rotatable bonds is 6. The summed E-state index contributed by atoms with van der Waals surface area (Å²) in [6.45, 7) is 4.12. The summed E-state index contributed by atoms with van der Waals surface area (Å²) in [6.07, 6.45) is 9.25. The molecule has 4 rings (SSSR count). The van der Waals surface area contributed by atoms with E-state index in [1.54, 1.807) is 12.1 Å². The summed E-state index contributed by atoms with van der Waals surface area (Å²) in [6, 6.07) is 16.9. The molecule has 0 spiro atoms. The van der Waals surface area contributed by atoms with Gasteiger partial charge >= 0.3 is 0 Å². The highest BCUT2D eigenvalue weighted by molar-refractivity contribution is 7.89. The molecule has 2 atom stereocenters. The predicted octanol–water partition coefficient (Wildman–Crippen LogP) is 5.18. The van der Waals surface area contributed by atoms with E-state index in [0.717, 1.165) is 43.5 Å². The monoisotopic (exact) mass is 424 g/mol. The van der Waals surface area contributed by atoms with Crippen molar-refractivity contribution in [3.63, 3.8) is 0 Å². The van der Waals surface area contributed by atoms with E-state index >= 15 is 0 Å². The average molecular weight is 425 g/mol. The van der Waals surface area contributed by atoms with E-state index < -0.39 is 10.0 Å². The van der Waals surface area contributed by atoms with E-state index in [-0.39, 0.29) is 12.0 Å². The summed E-state index contributed by atoms with van der Waals surface area (Å²) in [5.41, 5.74) is 3.42. The topological polar surface area (TPSA) is 49.4 Å². The molecule has 0 radical (unpaired) electrons. The van der Waals surface area contributed by atoms with E-state index in [4.69, 9.17) is 0 Å². The minimum absolute atomic E-state index is 0.152. The molecule has 2 aromatic rings. The first-order chi connectivity index (χ1) is 14.5. The Bertz CT molecular complexity index is 962. The predicted molar refractivity (Wildman–Crippen MR) is 122 cm³/mol. The highest BCUT2D eigenvalue weighted by atomic mass is 32.2. The van der Waals surface area contributed by atoms with E-state index in [1.807, 2.05) is 49.4 Å². The molecule has 160 valence electrons. The summed E-state index contributed by atoms with van der Waals surface area (Å²) in [5, 5.41) is 0. The van der Waals surface area contributed by atoms with E-state index in [1.165, 1.54) is 25.0 Å². The molecule has 0 amide bonds. The van der Waals surface area contributed by atoms with Crippen molar-refractivity contribution in [1.82, 2.24) is 9.62 Å². The Balaban J connectivity index is 1.68. The van der Waals surface area contributed by atoms with Crippen molar-refractivity contribution in [2.24, 2.45) is 5.92 Å². The van der Waals surface area contributed by atoms with Crippen molar-refractivity contribution < 1.29 is 8.42 Å². The third-order valence-electron chi connectivity index (χ3n) is 6.35. The second-order valence-electron chi connectivity index (χ2n) is 8.54. The fourth-order valence-electron chi connectivity index (χ4n) is 4.74. The fraction of sp³-hybridized carbons (Fsp3) is 0.440. The van der Waals surface area contributed by atoms with Gasteiger partial charge in [-0.3, -0.25) is 0 Å². The van der Waals surface area contributed by atoms with Crippen molar-refractivity contribution in [3.8, 4) is 0 Å². The SMILES string of the molecule is Cc1ccc(S(=O)(=O)N[C@@H](c2ccccc2)[C@@H]2CCCC=C2N2CCCCC2)cc1. The second kappa shape index (κ2) is 9.36. The summed E-state index contributed by atoms with van der Waals surface area (Å²) in [4.78, 5) is 2.83. The number of aryl methyl sites for hydroxylation is 1. The van der Waals surface area contributed by atoms with Crippen LogP contribution >= 0.6 is 0 Å². The minimum atomic E-state index is -3.62. The smallest absolute Gasteiger partial charge is 0.241 e. The Hall–Kier alpha value is -2.11. The molecule has 30 heavy (non-hydrogen) atoms. The van der Waals surface area contributed by atoms with Crippen molar-refractivity contribution in [3.05, 3.63) is 77.5 Å². The number of nitrogens with one attached hydrogen (secondary N) is 1. The number of benzene rings is 2. The van der Waals surface area contributed by atoms with Crippen molar-refractivity contribution in [2.75, 3.05) is 13.1 Å². The van der Waals surface area contributed by atoms with Gasteiger partial charge in [0.15, 0.2) is 0 Å². The van der Waals surface area contributed by atoms with Gasteiger partial charge in [-0.1, -0.05) is 54.1 Å². The Morgan fingerprint density at radius 2 is 1.63 bits per heavy atom. The molecule has 0 bridgehead atoms. The molecular formula is C25H32N2O2S. The van der Waals surface area contributed by atoms with Crippen LogP contribution in [0.4, 0.5) is 0 Å². The lowest BCUT2D eigenvalue weighted by molar-refractivity contribution is 0.225. The summed E-state index contributed by atoms with van der Waals surface area (Å²) in [5.74, 6) is 0.152. The first kappa shape index (κ1) is 21.1. The van der Waals surface area contributed by atoms with Gasteiger partial charge in [0, 0.05) is 24.7 Å². The van der Waals surface area contributed by atoms with Crippen LogP contribution in [0.2, 0.25) is 0 Å². The molecule has 2 aliphatic rings. The number of allylic oxidation sites excluding steroid dienone is 1. The highest BCUT2D eigenvalue weighted by Gasteiger charge is 2.34. The zero-order valence-corrected chi connectivity index (χ0v) is 18.6. The first-order valence-corrected chi connectivity index (χ1v) is 12.6. The quantitative estimate of drug-likeness (QED) is 0.695. The number of nitrogens with zero attached hydrogens (tertiary/aromatic N) is 1. The number of likely N-dealkylation sites (tertiary alicyclic amines) is 1. The van der Waals surface area contributed by atoms with Crippen LogP contribution in [0.3, 0.4) is 0 Å². The Morgan fingerprint density at radius 3 is 2.33 bits per heavy atom. The molecule has 1 saturated heterocycles. The zero-order valence-electron chi connectivity index (χ0n) is 17.8. The maximum Gasteiger partial charge on any atom is 0.241 e. The summed E-state index contributed by atoms with van der Waals surface area (Å²) >= 11 is 0. The van der Waals surface area contributed by atoms with E-state index in [9.17, 15) is 8.42 Å². The van der Waals surface area contributed by atoms with Gasteiger partial charge in [0.2, 0.25) is 10.0 Å². The Kier molecular flexibility index (Phi) is 6.59. The van der Waals surface area contributed by atoms with Crippen LogP contribution < -0.4 is 4.72 Å². The lowest BCUT2D eigenvalue weighted by Crippen LogP contribution is -2.40. The molecule has 0 saturated carbocycles. The second-order valence-corrected chi connectivity index (χ2v) is 10.3. The number of piperidine rings is 1. The molecule has 1 fully saturated rings. The van der Waals surface area contributed by atoms with Gasteiger partial charge < -0.3 is 4.90 Å². The van der Waals surface area contributed by atoms with Crippen LogP contribution in [0.25, 0.3) is 0 Å². The largest absolute Gasteiger partial charge is 0.375 e. The third kappa shape index (κ3) is 4.79. The average Bonchev–Trinajstić information content (AvgIpc) is 2.79. The fourth-order valence-corrected chi connectivity index (χ4v) is 6.00. The summed E-state index contributed by atoms with van der Waals surface area (Å²) < 4.78 is 29.7. The number of hydrogen-bond acceptors (Lipinski definition) is 3. The maximum absolute atomic E-state index is 13.3. The molecule has 0 aromatic heterocycles. The minimum Gasteiger partial charge on any atom is -0.375 e.